The third-order valence-corrected chi connectivity index (χ3v) is 2.57. The molecule has 1 aromatic heterocycles. The van der Waals surface area contributed by atoms with Crippen molar-refractivity contribution in [1.82, 2.24) is 25.8 Å². The van der Waals surface area contributed by atoms with Gasteiger partial charge in [0.2, 0.25) is 0 Å². The van der Waals surface area contributed by atoms with E-state index in [9.17, 15) is 4.79 Å². The quantitative estimate of drug-likeness (QED) is 0.679. The molecule has 1 fully saturated rings. The second-order valence-corrected chi connectivity index (χ2v) is 3.74. The lowest BCUT2D eigenvalue weighted by Crippen LogP contribution is -2.40. The highest BCUT2D eigenvalue weighted by Gasteiger charge is 2.16. The fourth-order valence-corrected chi connectivity index (χ4v) is 1.79. The average molecular weight is 209 g/mol. The van der Waals surface area contributed by atoms with Crippen LogP contribution in [0.15, 0.2) is 6.33 Å². The number of carbonyl (C=O) groups is 1. The Morgan fingerprint density at radius 1 is 1.53 bits per heavy atom. The van der Waals surface area contributed by atoms with Crippen LogP contribution in [0.25, 0.3) is 0 Å². The lowest BCUT2D eigenvalue weighted by molar-refractivity contribution is 0.236. The summed E-state index contributed by atoms with van der Waals surface area (Å²) in [5.74, 6) is 0.663. The monoisotopic (exact) mass is 209 g/mol. The first-order chi connectivity index (χ1) is 7.34. The van der Waals surface area contributed by atoms with Crippen molar-refractivity contribution in [1.29, 1.82) is 0 Å². The van der Waals surface area contributed by atoms with E-state index >= 15 is 0 Å². The summed E-state index contributed by atoms with van der Waals surface area (Å²) in [5, 5.41) is 12.0. The Hall–Kier alpha value is -1.59. The molecule has 82 valence electrons. The van der Waals surface area contributed by atoms with Gasteiger partial charge in [-0.05, 0) is 12.8 Å². The molecule has 0 saturated heterocycles. The molecule has 0 atom stereocenters. The molecule has 1 aliphatic rings. The summed E-state index contributed by atoms with van der Waals surface area (Å²) in [5.41, 5.74) is 0. The van der Waals surface area contributed by atoms with E-state index in [1.54, 1.807) is 0 Å². The van der Waals surface area contributed by atoms with Gasteiger partial charge in [-0.15, -0.1) is 0 Å². The molecule has 0 spiro atoms. The molecule has 0 bridgehead atoms. The standard InChI is InChI=1S/C9H15N5O/c15-9(13-7-3-1-2-4-7)10-5-8-11-6-12-14-8/h6-7H,1-5H2,(H2,10,13,15)(H,11,12,14). The maximum absolute atomic E-state index is 11.4. The molecule has 1 aromatic rings. The highest BCUT2D eigenvalue weighted by molar-refractivity contribution is 5.74. The zero-order valence-electron chi connectivity index (χ0n) is 8.49. The fraction of sp³-hybridized carbons (Fsp3) is 0.667. The summed E-state index contributed by atoms with van der Waals surface area (Å²) in [6.45, 7) is 0.387. The number of aromatic nitrogens is 3. The van der Waals surface area contributed by atoms with Crippen molar-refractivity contribution < 1.29 is 4.79 Å². The van der Waals surface area contributed by atoms with E-state index in [1.807, 2.05) is 0 Å². The molecule has 0 radical (unpaired) electrons. The third-order valence-electron chi connectivity index (χ3n) is 2.57. The van der Waals surface area contributed by atoms with E-state index in [-0.39, 0.29) is 6.03 Å². The van der Waals surface area contributed by atoms with E-state index in [4.69, 9.17) is 0 Å². The summed E-state index contributed by atoms with van der Waals surface area (Å²) < 4.78 is 0. The molecule has 1 heterocycles. The Morgan fingerprint density at radius 3 is 3.00 bits per heavy atom. The Balaban J connectivity index is 1.68. The molecule has 0 aromatic carbocycles. The summed E-state index contributed by atoms with van der Waals surface area (Å²) in [6, 6.07) is 0.220. The van der Waals surface area contributed by atoms with Crippen molar-refractivity contribution in [2.45, 2.75) is 38.3 Å². The van der Waals surface area contributed by atoms with Crippen LogP contribution in [-0.4, -0.2) is 27.3 Å². The summed E-state index contributed by atoms with van der Waals surface area (Å²) in [6.07, 6.45) is 6.04. The number of nitrogens with zero attached hydrogens (tertiary/aromatic N) is 2. The predicted molar refractivity (Wildman–Crippen MR) is 54.0 cm³/mol. The maximum Gasteiger partial charge on any atom is 0.315 e. The van der Waals surface area contributed by atoms with Crippen molar-refractivity contribution in [2.24, 2.45) is 0 Å². The second-order valence-electron chi connectivity index (χ2n) is 3.74. The second kappa shape index (κ2) is 4.77. The first-order valence-electron chi connectivity index (χ1n) is 5.23. The zero-order valence-corrected chi connectivity index (χ0v) is 8.49. The predicted octanol–water partition coefficient (Wildman–Crippen LogP) is 0.546. The summed E-state index contributed by atoms with van der Waals surface area (Å²) >= 11 is 0. The normalized spacial score (nSPS) is 16.5. The highest BCUT2D eigenvalue weighted by Crippen LogP contribution is 2.17. The minimum atomic E-state index is -0.127. The number of rotatable bonds is 3. The van der Waals surface area contributed by atoms with Crippen LogP contribution in [0, 0.1) is 0 Å². The van der Waals surface area contributed by atoms with Crippen LogP contribution in [0.4, 0.5) is 4.79 Å². The topological polar surface area (TPSA) is 82.7 Å². The van der Waals surface area contributed by atoms with Crippen LogP contribution in [-0.2, 0) is 6.54 Å². The van der Waals surface area contributed by atoms with Crippen molar-refractivity contribution in [3.05, 3.63) is 12.2 Å². The van der Waals surface area contributed by atoms with Gasteiger partial charge in [0, 0.05) is 6.04 Å². The molecule has 2 amide bonds. The lowest BCUT2D eigenvalue weighted by atomic mass is 10.2. The highest BCUT2D eigenvalue weighted by atomic mass is 16.2. The van der Waals surface area contributed by atoms with Crippen LogP contribution >= 0.6 is 0 Å². The lowest BCUT2D eigenvalue weighted by Gasteiger charge is -2.11. The largest absolute Gasteiger partial charge is 0.335 e. The molecule has 15 heavy (non-hydrogen) atoms. The first-order valence-corrected chi connectivity index (χ1v) is 5.23. The average Bonchev–Trinajstić information content (AvgIpc) is 2.86. The van der Waals surface area contributed by atoms with Gasteiger partial charge in [0.25, 0.3) is 0 Å². The van der Waals surface area contributed by atoms with E-state index < -0.39 is 0 Å². The van der Waals surface area contributed by atoms with Gasteiger partial charge in [0.15, 0.2) is 0 Å². The van der Waals surface area contributed by atoms with Gasteiger partial charge in [-0.3, -0.25) is 5.10 Å². The number of carbonyl (C=O) groups excluding carboxylic acids is 1. The van der Waals surface area contributed by atoms with E-state index in [1.165, 1.54) is 19.2 Å². The number of hydrogen-bond donors (Lipinski definition) is 3. The fourth-order valence-electron chi connectivity index (χ4n) is 1.79. The van der Waals surface area contributed by atoms with Gasteiger partial charge in [0.05, 0.1) is 6.54 Å². The summed E-state index contributed by atoms with van der Waals surface area (Å²) in [7, 11) is 0. The van der Waals surface area contributed by atoms with Crippen LogP contribution < -0.4 is 10.6 Å². The molecule has 0 aliphatic heterocycles. The van der Waals surface area contributed by atoms with Gasteiger partial charge in [0.1, 0.15) is 12.2 Å². The first kappa shape index (κ1) is 9.95. The van der Waals surface area contributed by atoms with Crippen molar-refractivity contribution in [2.75, 3.05) is 0 Å². The Morgan fingerprint density at radius 2 is 2.33 bits per heavy atom. The van der Waals surface area contributed by atoms with Gasteiger partial charge in [-0.25, -0.2) is 9.78 Å². The van der Waals surface area contributed by atoms with Gasteiger partial charge >= 0.3 is 6.03 Å². The van der Waals surface area contributed by atoms with Crippen molar-refractivity contribution >= 4 is 6.03 Å². The van der Waals surface area contributed by atoms with Crippen LogP contribution in [0.1, 0.15) is 31.5 Å². The minimum Gasteiger partial charge on any atom is -0.335 e. The molecule has 1 saturated carbocycles. The maximum atomic E-state index is 11.4. The van der Waals surface area contributed by atoms with Gasteiger partial charge in [-0.1, -0.05) is 12.8 Å². The van der Waals surface area contributed by atoms with E-state index in [0.717, 1.165) is 12.8 Å². The smallest absolute Gasteiger partial charge is 0.315 e. The van der Waals surface area contributed by atoms with Crippen molar-refractivity contribution in [3.63, 3.8) is 0 Å². The number of amides is 2. The van der Waals surface area contributed by atoms with Crippen molar-refractivity contribution in [3.8, 4) is 0 Å². The van der Waals surface area contributed by atoms with E-state index in [0.29, 0.717) is 18.4 Å². The number of H-pyrrole nitrogens is 1. The number of aromatic amines is 1. The van der Waals surface area contributed by atoms with Crippen LogP contribution in [0.5, 0.6) is 0 Å². The molecule has 6 heteroatoms. The number of nitrogens with one attached hydrogen (secondary N) is 3. The molecule has 6 nitrogen and oxygen atoms in total. The Kier molecular flexibility index (Phi) is 3.16. The number of hydrogen-bond acceptors (Lipinski definition) is 3. The van der Waals surface area contributed by atoms with Gasteiger partial charge in [-0.2, -0.15) is 5.10 Å². The molecular formula is C9H15N5O. The summed E-state index contributed by atoms with van der Waals surface area (Å²) in [4.78, 5) is 15.3. The van der Waals surface area contributed by atoms with Crippen LogP contribution in [0.2, 0.25) is 0 Å². The molecule has 0 unspecified atom stereocenters. The Bertz CT molecular complexity index is 304. The molecular weight excluding hydrogens is 194 g/mol. The minimum absolute atomic E-state index is 0.127. The SMILES string of the molecule is O=C(NCc1ncn[nH]1)NC1CCCC1. The Labute approximate surface area is 87.9 Å². The molecule has 3 N–H and O–H groups in total. The third kappa shape index (κ3) is 2.93. The zero-order chi connectivity index (χ0) is 10.5. The molecule has 2 rings (SSSR count). The molecule has 1 aliphatic carbocycles. The van der Waals surface area contributed by atoms with E-state index in [2.05, 4.69) is 25.8 Å². The van der Waals surface area contributed by atoms with Gasteiger partial charge < -0.3 is 10.6 Å². The number of urea groups is 1. The van der Waals surface area contributed by atoms with Crippen LogP contribution in [0.3, 0.4) is 0 Å².